The van der Waals surface area contributed by atoms with E-state index >= 15 is 0 Å². The van der Waals surface area contributed by atoms with Gasteiger partial charge in [0.25, 0.3) is 0 Å². The summed E-state index contributed by atoms with van der Waals surface area (Å²) in [6.45, 7) is 1.20. The molecule has 0 unspecified atom stereocenters. The molecule has 8 heteroatoms. The topological polar surface area (TPSA) is 68.8 Å². The number of nitrogens with one attached hydrogen (secondary N) is 1. The lowest BCUT2D eigenvalue weighted by Crippen LogP contribution is -2.12. The Morgan fingerprint density at radius 2 is 1.74 bits per heavy atom. The van der Waals surface area contributed by atoms with Gasteiger partial charge in [-0.25, -0.2) is 13.7 Å². The van der Waals surface area contributed by atoms with E-state index in [1.807, 2.05) is 48.7 Å². The first-order valence-electron chi connectivity index (χ1n) is 9.69. The van der Waals surface area contributed by atoms with Gasteiger partial charge in [0.15, 0.2) is 0 Å². The van der Waals surface area contributed by atoms with Crippen LogP contribution in [0, 0.1) is 5.82 Å². The summed E-state index contributed by atoms with van der Waals surface area (Å²) in [4.78, 5) is 0. The summed E-state index contributed by atoms with van der Waals surface area (Å²) in [7, 11) is 0. The monoisotopic (exact) mass is 433 g/mol. The zero-order chi connectivity index (χ0) is 21.2. The maximum absolute atomic E-state index is 13.3. The van der Waals surface area contributed by atoms with Crippen molar-refractivity contribution < 1.29 is 9.02 Å². The first-order chi connectivity index (χ1) is 15.2. The van der Waals surface area contributed by atoms with Crippen molar-refractivity contribution in [2.24, 2.45) is 0 Å². The Bertz CT molecular complexity index is 1350. The summed E-state index contributed by atoms with van der Waals surface area (Å²) in [6, 6.07) is 19.6. The molecule has 0 atom stereocenters. The Hall–Kier alpha value is -3.55. The molecule has 0 spiro atoms. The van der Waals surface area contributed by atoms with Crippen molar-refractivity contribution in [2.45, 2.75) is 13.1 Å². The van der Waals surface area contributed by atoms with Crippen LogP contribution in [0.3, 0.4) is 0 Å². The number of rotatable bonds is 6. The highest BCUT2D eigenvalue weighted by atomic mass is 35.5. The van der Waals surface area contributed by atoms with E-state index in [-0.39, 0.29) is 5.82 Å². The number of hydrogen-bond acceptors (Lipinski definition) is 5. The molecule has 2 heterocycles. The Morgan fingerprint density at radius 1 is 0.935 bits per heavy atom. The van der Waals surface area contributed by atoms with Crippen molar-refractivity contribution in [3.05, 3.63) is 94.9 Å². The summed E-state index contributed by atoms with van der Waals surface area (Å²) in [5, 5.41) is 16.5. The predicted molar refractivity (Wildman–Crippen MR) is 116 cm³/mol. The van der Waals surface area contributed by atoms with Crippen LogP contribution in [0.5, 0.6) is 0 Å². The third kappa shape index (κ3) is 4.05. The van der Waals surface area contributed by atoms with Crippen LogP contribution in [0.15, 0.2) is 77.6 Å². The number of fused-ring (bicyclic) bond motifs is 1. The molecule has 6 nitrogen and oxygen atoms in total. The van der Waals surface area contributed by atoms with Gasteiger partial charge < -0.3 is 5.32 Å². The van der Waals surface area contributed by atoms with Crippen LogP contribution in [0.2, 0.25) is 5.02 Å². The van der Waals surface area contributed by atoms with Crippen molar-refractivity contribution in [3.8, 4) is 16.9 Å². The Balaban J connectivity index is 1.42. The molecule has 1 N–H and O–H groups in total. The quantitative estimate of drug-likeness (QED) is 0.400. The molecule has 5 aromatic rings. The maximum Gasteiger partial charge on any atom is 0.135 e. The summed E-state index contributed by atoms with van der Waals surface area (Å²) < 4.78 is 19.8. The van der Waals surface area contributed by atoms with Crippen molar-refractivity contribution in [3.63, 3.8) is 0 Å². The third-order valence-corrected chi connectivity index (χ3v) is 5.30. The van der Waals surface area contributed by atoms with Gasteiger partial charge in [0.2, 0.25) is 0 Å². The fourth-order valence-electron chi connectivity index (χ4n) is 3.42. The number of benzene rings is 3. The van der Waals surface area contributed by atoms with Gasteiger partial charge in [0, 0.05) is 30.4 Å². The highest BCUT2D eigenvalue weighted by Gasteiger charge is 2.15. The summed E-state index contributed by atoms with van der Waals surface area (Å²) in [6.07, 6.45) is 1.93. The molecule has 0 bridgehead atoms. The van der Waals surface area contributed by atoms with Crippen LogP contribution in [-0.4, -0.2) is 20.1 Å². The average Bonchev–Trinajstić information content (AvgIpc) is 3.41. The molecule has 31 heavy (non-hydrogen) atoms. The average molecular weight is 434 g/mol. The van der Waals surface area contributed by atoms with Gasteiger partial charge in [-0.1, -0.05) is 35.9 Å². The zero-order valence-electron chi connectivity index (χ0n) is 16.3. The van der Waals surface area contributed by atoms with Gasteiger partial charge in [-0.3, -0.25) is 0 Å². The molecule has 0 aliphatic carbocycles. The van der Waals surface area contributed by atoms with E-state index in [9.17, 15) is 4.39 Å². The summed E-state index contributed by atoms with van der Waals surface area (Å²) in [5.74, 6) is -0.289. The molecular weight excluding hydrogens is 417 g/mol. The second-order valence-electron chi connectivity index (χ2n) is 7.09. The molecule has 0 radical (unpaired) electrons. The van der Waals surface area contributed by atoms with Crippen molar-refractivity contribution in [2.75, 3.05) is 0 Å². The highest BCUT2D eigenvalue weighted by molar-refractivity contribution is 6.33. The van der Waals surface area contributed by atoms with Gasteiger partial charge >= 0.3 is 0 Å². The minimum Gasteiger partial charge on any atom is -0.308 e. The largest absolute Gasteiger partial charge is 0.308 e. The minimum absolute atomic E-state index is 0.289. The Morgan fingerprint density at radius 3 is 2.58 bits per heavy atom. The molecule has 5 rings (SSSR count). The first kappa shape index (κ1) is 19.4. The number of hydrogen-bond donors (Lipinski definition) is 1. The smallest absolute Gasteiger partial charge is 0.135 e. The lowest BCUT2D eigenvalue weighted by molar-refractivity contribution is 0.315. The standard InChI is InChI=1S/C23H17ClFN5O/c24-20-4-2-1-3-19(20)23-16(14-30(27-23)18-8-6-17(25)7-9-18)13-26-12-15-5-10-21-22(11-15)29-31-28-21/h1-11,14,26H,12-13H2. The minimum atomic E-state index is -0.289. The molecular formula is C23H17ClFN5O. The Labute approximate surface area is 182 Å². The molecule has 0 aliphatic heterocycles. The second-order valence-corrected chi connectivity index (χ2v) is 7.50. The van der Waals surface area contributed by atoms with E-state index in [0.29, 0.717) is 18.1 Å². The van der Waals surface area contributed by atoms with Gasteiger partial charge in [0.1, 0.15) is 16.9 Å². The summed E-state index contributed by atoms with van der Waals surface area (Å²) >= 11 is 6.44. The molecule has 0 fully saturated rings. The zero-order valence-corrected chi connectivity index (χ0v) is 17.1. The van der Waals surface area contributed by atoms with E-state index in [1.54, 1.807) is 16.8 Å². The van der Waals surface area contributed by atoms with Crippen LogP contribution in [0.4, 0.5) is 4.39 Å². The van der Waals surface area contributed by atoms with Crippen LogP contribution >= 0.6 is 11.6 Å². The summed E-state index contributed by atoms with van der Waals surface area (Å²) in [5.41, 5.74) is 5.88. The van der Waals surface area contributed by atoms with Gasteiger partial charge in [-0.2, -0.15) is 5.10 Å². The Kier molecular flexibility index (Phi) is 5.19. The molecule has 0 saturated heterocycles. The van der Waals surface area contributed by atoms with Crippen LogP contribution in [0.1, 0.15) is 11.1 Å². The molecule has 2 aromatic heterocycles. The fraction of sp³-hybridized carbons (Fsp3) is 0.0870. The molecule has 0 amide bonds. The SMILES string of the molecule is Fc1ccc(-n2cc(CNCc3ccc4nonc4c3)c(-c3ccccc3Cl)n2)cc1. The van der Waals surface area contributed by atoms with Gasteiger partial charge in [0.05, 0.1) is 16.4 Å². The van der Waals surface area contributed by atoms with Crippen LogP contribution in [0.25, 0.3) is 28.0 Å². The lowest BCUT2D eigenvalue weighted by atomic mass is 10.1. The van der Waals surface area contributed by atoms with Crippen molar-refractivity contribution >= 4 is 22.6 Å². The van der Waals surface area contributed by atoms with Gasteiger partial charge in [-0.05, 0) is 58.3 Å². The van der Waals surface area contributed by atoms with E-state index in [2.05, 4.69) is 15.6 Å². The van der Waals surface area contributed by atoms with Gasteiger partial charge in [-0.15, -0.1) is 0 Å². The van der Waals surface area contributed by atoms with Crippen molar-refractivity contribution in [1.29, 1.82) is 0 Å². The first-order valence-corrected chi connectivity index (χ1v) is 10.1. The van der Waals surface area contributed by atoms with Crippen LogP contribution < -0.4 is 5.32 Å². The molecule has 154 valence electrons. The molecule has 3 aromatic carbocycles. The number of aromatic nitrogens is 4. The normalized spacial score (nSPS) is 11.3. The van der Waals surface area contributed by atoms with Crippen LogP contribution in [-0.2, 0) is 13.1 Å². The highest BCUT2D eigenvalue weighted by Crippen LogP contribution is 2.30. The molecule has 0 aliphatic rings. The number of halogens is 2. The van der Waals surface area contributed by atoms with Crippen molar-refractivity contribution in [1.82, 2.24) is 25.4 Å². The number of nitrogens with zero attached hydrogens (tertiary/aromatic N) is 4. The fourth-order valence-corrected chi connectivity index (χ4v) is 3.65. The van der Waals surface area contributed by atoms with E-state index in [1.165, 1.54) is 12.1 Å². The van der Waals surface area contributed by atoms with E-state index < -0.39 is 0 Å². The predicted octanol–water partition coefficient (Wildman–Crippen LogP) is 5.16. The maximum atomic E-state index is 13.3. The van der Waals surface area contributed by atoms with E-state index in [0.717, 1.165) is 39.1 Å². The third-order valence-electron chi connectivity index (χ3n) is 4.97. The molecule has 0 saturated carbocycles. The van der Waals surface area contributed by atoms with E-state index in [4.69, 9.17) is 21.3 Å². The second kappa shape index (κ2) is 8.29. The lowest BCUT2D eigenvalue weighted by Gasteiger charge is -2.06.